The summed E-state index contributed by atoms with van der Waals surface area (Å²) in [5.74, 6) is -0.471. The number of carbonyl (C=O) groups excluding carboxylic acids is 3. The van der Waals surface area contributed by atoms with Crippen LogP contribution in [0, 0.1) is 13.8 Å². The van der Waals surface area contributed by atoms with E-state index < -0.39 is 6.03 Å². The van der Waals surface area contributed by atoms with Crippen LogP contribution in [0.2, 0.25) is 0 Å². The highest BCUT2D eigenvalue weighted by Gasteiger charge is 2.30. The molecule has 2 aromatic rings. The van der Waals surface area contributed by atoms with E-state index in [4.69, 9.17) is 0 Å². The second-order valence-electron chi connectivity index (χ2n) is 7.73. The average Bonchev–Trinajstić information content (AvgIpc) is 3.55. The van der Waals surface area contributed by atoms with Gasteiger partial charge >= 0.3 is 6.03 Å². The first-order valence-electron chi connectivity index (χ1n) is 10.1. The number of anilines is 1. The van der Waals surface area contributed by atoms with Crippen LogP contribution in [0.25, 0.3) is 0 Å². The lowest BCUT2D eigenvalue weighted by molar-refractivity contribution is -0.121. The van der Waals surface area contributed by atoms with E-state index >= 15 is 0 Å². The molecule has 4 amide bonds. The molecule has 30 heavy (non-hydrogen) atoms. The summed E-state index contributed by atoms with van der Waals surface area (Å²) in [4.78, 5) is 38.4. The van der Waals surface area contributed by atoms with E-state index in [2.05, 4.69) is 20.9 Å². The first kappa shape index (κ1) is 21.5. The molecule has 1 fully saturated rings. The number of imide groups is 1. The standard InChI is InChI=1S/C23H28N4O3/c1-15-4-11-20(16(2)12-15)25-23(30)26-21(28)14-27(19-9-10-19)13-17-5-7-18(8-6-17)22(29)24-3/h4-8,11-12,19H,9-10,13-14H2,1-3H3,(H,24,29)(H2,25,26,28,30). The Morgan fingerprint density at radius 3 is 2.33 bits per heavy atom. The number of carbonyl (C=O) groups is 3. The Kier molecular flexibility index (Phi) is 6.84. The number of amides is 4. The van der Waals surface area contributed by atoms with Crippen molar-refractivity contribution < 1.29 is 14.4 Å². The molecular weight excluding hydrogens is 380 g/mol. The maximum absolute atomic E-state index is 12.4. The van der Waals surface area contributed by atoms with Crippen molar-refractivity contribution in [3.05, 3.63) is 64.7 Å². The Labute approximate surface area is 176 Å². The molecule has 2 aromatic carbocycles. The predicted molar refractivity (Wildman–Crippen MR) is 116 cm³/mol. The third kappa shape index (κ3) is 5.90. The monoisotopic (exact) mass is 408 g/mol. The molecule has 1 aliphatic rings. The van der Waals surface area contributed by atoms with Gasteiger partial charge in [-0.3, -0.25) is 19.8 Å². The van der Waals surface area contributed by atoms with E-state index in [0.29, 0.717) is 23.8 Å². The summed E-state index contributed by atoms with van der Waals surface area (Å²) in [5.41, 5.74) is 4.35. The zero-order valence-corrected chi connectivity index (χ0v) is 17.6. The highest BCUT2D eigenvalue weighted by molar-refractivity contribution is 6.02. The van der Waals surface area contributed by atoms with Crippen molar-refractivity contribution in [2.75, 3.05) is 18.9 Å². The lowest BCUT2D eigenvalue weighted by Gasteiger charge is -2.21. The van der Waals surface area contributed by atoms with Crippen LogP contribution in [-0.4, -0.2) is 42.4 Å². The molecule has 0 unspecified atom stereocenters. The average molecular weight is 409 g/mol. The van der Waals surface area contributed by atoms with Crippen molar-refractivity contribution in [2.45, 2.75) is 39.3 Å². The smallest absolute Gasteiger partial charge is 0.325 e. The summed E-state index contributed by atoms with van der Waals surface area (Å²) in [6.45, 7) is 4.63. The van der Waals surface area contributed by atoms with Gasteiger partial charge in [0.2, 0.25) is 5.91 Å². The van der Waals surface area contributed by atoms with Gasteiger partial charge in [0.05, 0.1) is 6.54 Å². The van der Waals surface area contributed by atoms with E-state index in [0.717, 1.165) is 29.5 Å². The number of benzene rings is 2. The highest BCUT2D eigenvalue weighted by Crippen LogP contribution is 2.28. The van der Waals surface area contributed by atoms with E-state index in [-0.39, 0.29) is 18.4 Å². The summed E-state index contributed by atoms with van der Waals surface area (Å²) in [6, 6.07) is 12.9. The van der Waals surface area contributed by atoms with Crippen molar-refractivity contribution in [2.24, 2.45) is 0 Å². The fraction of sp³-hybridized carbons (Fsp3) is 0.348. The van der Waals surface area contributed by atoms with Gasteiger partial charge in [0.1, 0.15) is 0 Å². The van der Waals surface area contributed by atoms with Crippen LogP contribution in [0.3, 0.4) is 0 Å². The summed E-state index contributed by atoms with van der Waals surface area (Å²) < 4.78 is 0. The molecule has 0 heterocycles. The third-order valence-electron chi connectivity index (χ3n) is 5.12. The van der Waals surface area contributed by atoms with Crippen molar-refractivity contribution in [3.8, 4) is 0 Å². The highest BCUT2D eigenvalue weighted by atomic mass is 16.2. The zero-order valence-electron chi connectivity index (χ0n) is 17.6. The lowest BCUT2D eigenvalue weighted by Crippen LogP contribution is -2.42. The summed E-state index contributed by atoms with van der Waals surface area (Å²) in [7, 11) is 1.60. The number of nitrogens with zero attached hydrogens (tertiary/aromatic N) is 1. The number of aryl methyl sites for hydroxylation is 2. The number of rotatable bonds is 7. The molecule has 7 nitrogen and oxygen atoms in total. The summed E-state index contributed by atoms with van der Waals surface area (Å²) in [5, 5.41) is 7.75. The lowest BCUT2D eigenvalue weighted by atomic mass is 10.1. The number of urea groups is 1. The molecule has 0 radical (unpaired) electrons. The molecule has 0 saturated heterocycles. The van der Waals surface area contributed by atoms with Crippen LogP contribution < -0.4 is 16.0 Å². The topological polar surface area (TPSA) is 90.5 Å². The Balaban J connectivity index is 1.55. The molecular formula is C23H28N4O3. The van der Waals surface area contributed by atoms with Gasteiger partial charge in [-0.25, -0.2) is 4.79 Å². The summed E-state index contributed by atoms with van der Waals surface area (Å²) in [6.07, 6.45) is 2.08. The van der Waals surface area contributed by atoms with Crippen LogP contribution in [0.1, 0.15) is 39.9 Å². The SMILES string of the molecule is CNC(=O)c1ccc(CN(CC(=O)NC(=O)Nc2ccc(C)cc2C)C2CC2)cc1. The second-order valence-corrected chi connectivity index (χ2v) is 7.73. The maximum atomic E-state index is 12.4. The van der Waals surface area contributed by atoms with Crippen molar-refractivity contribution in [1.29, 1.82) is 0 Å². The Morgan fingerprint density at radius 1 is 1.03 bits per heavy atom. The molecule has 158 valence electrons. The second kappa shape index (κ2) is 9.54. The quantitative estimate of drug-likeness (QED) is 0.657. The Bertz CT molecular complexity index is 936. The largest absolute Gasteiger partial charge is 0.355 e. The molecule has 0 spiro atoms. The molecule has 0 aromatic heterocycles. The van der Waals surface area contributed by atoms with Gasteiger partial charge in [-0.2, -0.15) is 0 Å². The Morgan fingerprint density at radius 2 is 1.73 bits per heavy atom. The number of nitrogens with one attached hydrogen (secondary N) is 3. The van der Waals surface area contributed by atoms with Gasteiger partial charge in [0, 0.05) is 30.9 Å². The van der Waals surface area contributed by atoms with Gasteiger partial charge in [-0.1, -0.05) is 29.8 Å². The Hall–Kier alpha value is -3.19. The predicted octanol–water partition coefficient (Wildman–Crippen LogP) is 2.98. The van der Waals surface area contributed by atoms with Gasteiger partial charge in [0.15, 0.2) is 0 Å². The fourth-order valence-corrected chi connectivity index (χ4v) is 3.35. The third-order valence-corrected chi connectivity index (χ3v) is 5.12. The van der Waals surface area contributed by atoms with Gasteiger partial charge in [-0.05, 0) is 56.0 Å². The van der Waals surface area contributed by atoms with E-state index in [1.165, 1.54) is 0 Å². The first-order valence-corrected chi connectivity index (χ1v) is 10.1. The molecule has 0 bridgehead atoms. The molecule has 3 rings (SSSR count). The van der Waals surface area contributed by atoms with Gasteiger partial charge in [-0.15, -0.1) is 0 Å². The molecule has 3 N–H and O–H groups in total. The van der Waals surface area contributed by atoms with Crippen molar-refractivity contribution >= 4 is 23.5 Å². The minimum Gasteiger partial charge on any atom is -0.355 e. The molecule has 7 heteroatoms. The zero-order chi connectivity index (χ0) is 21.7. The van der Waals surface area contributed by atoms with Crippen LogP contribution in [0.5, 0.6) is 0 Å². The number of hydrogen-bond acceptors (Lipinski definition) is 4. The first-order chi connectivity index (χ1) is 14.4. The van der Waals surface area contributed by atoms with Crippen LogP contribution >= 0.6 is 0 Å². The van der Waals surface area contributed by atoms with Gasteiger partial charge < -0.3 is 10.6 Å². The molecule has 1 aliphatic carbocycles. The van der Waals surface area contributed by atoms with Crippen molar-refractivity contribution in [1.82, 2.24) is 15.5 Å². The maximum Gasteiger partial charge on any atom is 0.325 e. The molecule has 0 atom stereocenters. The van der Waals surface area contributed by atoms with Crippen LogP contribution in [0.15, 0.2) is 42.5 Å². The van der Waals surface area contributed by atoms with E-state index in [9.17, 15) is 14.4 Å². The van der Waals surface area contributed by atoms with Crippen molar-refractivity contribution in [3.63, 3.8) is 0 Å². The minimum absolute atomic E-state index is 0.130. The normalized spacial score (nSPS) is 13.1. The minimum atomic E-state index is -0.530. The van der Waals surface area contributed by atoms with Crippen LogP contribution in [-0.2, 0) is 11.3 Å². The molecule has 1 saturated carbocycles. The summed E-state index contributed by atoms with van der Waals surface area (Å²) >= 11 is 0. The van der Waals surface area contributed by atoms with E-state index in [1.807, 2.05) is 44.2 Å². The van der Waals surface area contributed by atoms with E-state index in [1.54, 1.807) is 19.2 Å². The molecule has 0 aliphatic heterocycles. The van der Waals surface area contributed by atoms with Gasteiger partial charge in [0.25, 0.3) is 5.91 Å². The van der Waals surface area contributed by atoms with Crippen LogP contribution in [0.4, 0.5) is 10.5 Å². The fourth-order valence-electron chi connectivity index (χ4n) is 3.35. The number of hydrogen-bond donors (Lipinski definition) is 3.